The van der Waals surface area contributed by atoms with E-state index in [1.54, 1.807) is 0 Å². The van der Waals surface area contributed by atoms with Crippen LogP contribution >= 0.6 is 0 Å². The Labute approximate surface area is 88.0 Å². The molecule has 0 unspecified atom stereocenters. The summed E-state index contributed by atoms with van der Waals surface area (Å²) in [5.74, 6) is -2.58. The second-order valence-electron chi connectivity index (χ2n) is 2.85. The molecule has 0 fully saturated rings. The lowest BCUT2D eigenvalue weighted by atomic mass is 10.0. The van der Waals surface area contributed by atoms with Crippen molar-refractivity contribution in [1.82, 2.24) is 4.98 Å². The van der Waals surface area contributed by atoms with E-state index in [1.807, 2.05) is 0 Å². The topological polar surface area (TPSA) is 74.0 Å². The number of carboxylic acids is 1. The number of halogens is 3. The van der Waals surface area contributed by atoms with Crippen molar-refractivity contribution in [3.8, 4) is 6.07 Å². The van der Waals surface area contributed by atoms with Crippen molar-refractivity contribution in [2.24, 2.45) is 0 Å². The van der Waals surface area contributed by atoms with Crippen LogP contribution in [-0.2, 0) is 11.2 Å². The number of carbonyl (C=O) groups is 1. The quantitative estimate of drug-likeness (QED) is 0.801. The molecule has 16 heavy (non-hydrogen) atoms. The predicted octanol–water partition coefficient (Wildman–Crippen LogP) is 1.66. The lowest BCUT2D eigenvalue weighted by Crippen LogP contribution is -2.08. The highest BCUT2D eigenvalue weighted by Crippen LogP contribution is 2.23. The zero-order valence-corrected chi connectivity index (χ0v) is 7.75. The Balaban J connectivity index is 3.37. The number of hydrogen-bond donors (Lipinski definition) is 1. The fourth-order valence-corrected chi connectivity index (χ4v) is 1.17. The first-order chi connectivity index (χ1) is 7.45. The zero-order valence-electron chi connectivity index (χ0n) is 7.75. The van der Waals surface area contributed by atoms with Crippen molar-refractivity contribution in [2.45, 2.75) is 12.8 Å². The fourth-order valence-electron chi connectivity index (χ4n) is 1.17. The van der Waals surface area contributed by atoms with Crippen LogP contribution in [0.5, 0.6) is 0 Å². The maximum Gasteiger partial charge on any atom is 0.307 e. The van der Waals surface area contributed by atoms with Crippen molar-refractivity contribution in [3.05, 3.63) is 28.8 Å². The summed E-state index contributed by atoms with van der Waals surface area (Å²) in [7, 11) is 0. The van der Waals surface area contributed by atoms with Crippen LogP contribution < -0.4 is 0 Å². The van der Waals surface area contributed by atoms with Gasteiger partial charge in [0.2, 0.25) is 5.95 Å². The first kappa shape index (κ1) is 12.0. The first-order valence-corrected chi connectivity index (χ1v) is 4.05. The van der Waals surface area contributed by atoms with Gasteiger partial charge in [0.05, 0.1) is 12.0 Å². The summed E-state index contributed by atoms with van der Waals surface area (Å²) < 4.78 is 37.6. The van der Waals surface area contributed by atoms with Gasteiger partial charge >= 0.3 is 5.97 Å². The van der Waals surface area contributed by atoms with E-state index in [4.69, 9.17) is 10.4 Å². The summed E-state index contributed by atoms with van der Waals surface area (Å²) in [5, 5.41) is 17.1. The highest BCUT2D eigenvalue weighted by atomic mass is 19.3. The largest absolute Gasteiger partial charge is 0.481 e. The Bertz CT molecular complexity index is 469. The first-order valence-electron chi connectivity index (χ1n) is 4.05. The fraction of sp³-hybridized carbons (Fsp3) is 0.222. The summed E-state index contributed by atoms with van der Waals surface area (Å²) in [6, 6.07) is 2.07. The molecule has 1 rings (SSSR count). The lowest BCUT2D eigenvalue weighted by Gasteiger charge is -2.06. The molecule has 1 N–H and O–H groups in total. The van der Waals surface area contributed by atoms with Gasteiger partial charge in [-0.05, 0) is 11.6 Å². The van der Waals surface area contributed by atoms with Crippen LogP contribution in [0.25, 0.3) is 0 Å². The van der Waals surface area contributed by atoms with E-state index in [-0.39, 0.29) is 5.56 Å². The van der Waals surface area contributed by atoms with E-state index in [0.717, 1.165) is 0 Å². The molecule has 1 heterocycles. The number of nitrogens with zero attached hydrogens (tertiary/aromatic N) is 2. The van der Waals surface area contributed by atoms with Crippen LogP contribution in [0.3, 0.4) is 0 Å². The predicted molar refractivity (Wildman–Crippen MR) is 45.2 cm³/mol. The standard InChI is InChI=1S/C9H5F3N2O2/c10-6-1-4(2-7(15)16)5(3-13)8(14-6)9(11)12/h1,9H,2H2,(H,15,16). The highest BCUT2D eigenvalue weighted by molar-refractivity contribution is 5.71. The van der Waals surface area contributed by atoms with Gasteiger partial charge in [-0.25, -0.2) is 13.8 Å². The van der Waals surface area contributed by atoms with Crippen LogP contribution in [0.4, 0.5) is 13.2 Å². The summed E-state index contributed by atoms with van der Waals surface area (Å²) in [6.45, 7) is 0. The second-order valence-corrected chi connectivity index (χ2v) is 2.85. The number of carboxylic acid groups (broad SMARTS) is 1. The van der Waals surface area contributed by atoms with Crippen molar-refractivity contribution < 1.29 is 23.1 Å². The van der Waals surface area contributed by atoms with E-state index < -0.39 is 36.0 Å². The Kier molecular flexibility index (Phi) is 3.45. The third-order valence-corrected chi connectivity index (χ3v) is 1.76. The molecule has 0 aliphatic carbocycles. The lowest BCUT2D eigenvalue weighted by molar-refractivity contribution is -0.136. The third kappa shape index (κ3) is 2.48. The molecule has 1 aromatic heterocycles. The van der Waals surface area contributed by atoms with Gasteiger partial charge in [0.1, 0.15) is 11.8 Å². The molecule has 84 valence electrons. The average molecular weight is 230 g/mol. The van der Waals surface area contributed by atoms with Gasteiger partial charge in [0, 0.05) is 0 Å². The van der Waals surface area contributed by atoms with Gasteiger partial charge in [0.25, 0.3) is 6.43 Å². The normalized spacial score (nSPS) is 10.2. The molecule has 0 bridgehead atoms. The smallest absolute Gasteiger partial charge is 0.307 e. The Hall–Kier alpha value is -2.10. The van der Waals surface area contributed by atoms with Gasteiger partial charge in [-0.3, -0.25) is 4.79 Å². The molecule has 0 spiro atoms. The van der Waals surface area contributed by atoms with Crippen LogP contribution in [-0.4, -0.2) is 16.1 Å². The van der Waals surface area contributed by atoms with Gasteiger partial charge in [-0.15, -0.1) is 0 Å². The average Bonchev–Trinajstić information content (AvgIpc) is 2.15. The molecular weight excluding hydrogens is 225 g/mol. The molecule has 0 amide bonds. The number of hydrogen-bond acceptors (Lipinski definition) is 3. The van der Waals surface area contributed by atoms with Crippen molar-refractivity contribution in [2.75, 3.05) is 0 Å². The number of aliphatic carboxylic acids is 1. The van der Waals surface area contributed by atoms with Crippen molar-refractivity contribution in [3.63, 3.8) is 0 Å². The summed E-state index contributed by atoms with van der Waals surface area (Å²) in [5.41, 5.74) is -1.92. The third-order valence-electron chi connectivity index (χ3n) is 1.76. The van der Waals surface area contributed by atoms with E-state index >= 15 is 0 Å². The maximum absolute atomic E-state index is 12.8. The van der Waals surface area contributed by atoms with Crippen molar-refractivity contribution >= 4 is 5.97 Å². The zero-order chi connectivity index (χ0) is 12.3. The van der Waals surface area contributed by atoms with Crippen LogP contribution in [0.2, 0.25) is 0 Å². The molecule has 7 heteroatoms. The van der Waals surface area contributed by atoms with E-state index in [9.17, 15) is 18.0 Å². The minimum atomic E-state index is -3.13. The van der Waals surface area contributed by atoms with Crippen LogP contribution in [0, 0.1) is 17.3 Å². The number of nitriles is 1. The summed E-state index contributed by atoms with van der Waals surface area (Å²) >= 11 is 0. The summed E-state index contributed by atoms with van der Waals surface area (Å²) in [4.78, 5) is 13.3. The minimum absolute atomic E-state index is 0.308. The molecule has 4 nitrogen and oxygen atoms in total. The molecule has 0 radical (unpaired) electrons. The number of pyridine rings is 1. The Morgan fingerprint density at radius 1 is 1.62 bits per heavy atom. The van der Waals surface area contributed by atoms with Gasteiger partial charge < -0.3 is 5.11 Å². The summed E-state index contributed by atoms with van der Waals surface area (Å²) in [6.07, 6.45) is -3.83. The molecule has 0 aliphatic heterocycles. The van der Waals surface area contributed by atoms with E-state index in [0.29, 0.717) is 6.07 Å². The van der Waals surface area contributed by atoms with Gasteiger partial charge in [0.15, 0.2) is 0 Å². The number of aromatic nitrogens is 1. The number of rotatable bonds is 3. The van der Waals surface area contributed by atoms with Crippen LogP contribution in [0.1, 0.15) is 23.2 Å². The van der Waals surface area contributed by atoms with Crippen LogP contribution in [0.15, 0.2) is 6.07 Å². The minimum Gasteiger partial charge on any atom is -0.481 e. The Morgan fingerprint density at radius 2 is 2.25 bits per heavy atom. The SMILES string of the molecule is N#Cc1c(CC(=O)O)cc(F)nc1C(F)F. The monoisotopic (exact) mass is 230 g/mol. The molecule has 1 aromatic rings. The number of alkyl halides is 2. The molecule has 0 aromatic carbocycles. The second kappa shape index (κ2) is 4.61. The molecule has 0 saturated heterocycles. The maximum atomic E-state index is 12.8. The Morgan fingerprint density at radius 3 is 2.69 bits per heavy atom. The highest BCUT2D eigenvalue weighted by Gasteiger charge is 2.21. The van der Waals surface area contributed by atoms with E-state index in [2.05, 4.69) is 4.98 Å². The van der Waals surface area contributed by atoms with Gasteiger partial charge in [-0.2, -0.15) is 9.65 Å². The van der Waals surface area contributed by atoms with E-state index in [1.165, 1.54) is 6.07 Å². The molecule has 0 saturated carbocycles. The molecular formula is C9H5F3N2O2. The van der Waals surface area contributed by atoms with Gasteiger partial charge in [-0.1, -0.05) is 0 Å². The molecule has 0 atom stereocenters. The molecule has 0 aliphatic rings. The van der Waals surface area contributed by atoms with Crippen molar-refractivity contribution in [1.29, 1.82) is 5.26 Å².